The van der Waals surface area contributed by atoms with Crippen LogP contribution in [0.1, 0.15) is 29.0 Å². The number of carbonyl (C=O) groups excluding carboxylic acids is 1. The van der Waals surface area contributed by atoms with Crippen molar-refractivity contribution in [2.75, 3.05) is 18.0 Å². The highest BCUT2D eigenvalue weighted by Gasteiger charge is 2.26. The predicted octanol–water partition coefficient (Wildman–Crippen LogP) is 0.974. The molecule has 0 radical (unpaired) electrons. The molecule has 3 heterocycles. The van der Waals surface area contributed by atoms with E-state index in [1.54, 1.807) is 12.4 Å². The molecule has 3 rings (SSSR count). The van der Waals surface area contributed by atoms with Gasteiger partial charge in [0, 0.05) is 31.5 Å². The summed E-state index contributed by atoms with van der Waals surface area (Å²) in [5.74, 6) is 0.660. The molecule has 1 atom stereocenters. The number of hydrogen-bond acceptors (Lipinski definition) is 6. The van der Waals surface area contributed by atoms with Crippen LogP contribution in [-0.2, 0) is 0 Å². The Balaban J connectivity index is 1.61. The third-order valence-corrected chi connectivity index (χ3v) is 3.74. The van der Waals surface area contributed by atoms with Gasteiger partial charge in [0.25, 0.3) is 5.91 Å². The summed E-state index contributed by atoms with van der Waals surface area (Å²) in [5.41, 5.74) is 1.14. The van der Waals surface area contributed by atoms with Gasteiger partial charge in [-0.2, -0.15) is 5.10 Å². The average Bonchev–Trinajstić information content (AvgIpc) is 3.02. The Kier molecular flexibility index (Phi) is 4.22. The van der Waals surface area contributed by atoms with E-state index in [0.29, 0.717) is 12.2 Å². The Bertz CT molecular complexity index is 630. The molecule has 1 amide bonds. The van der Waals surface area contributed by atoms with Gasteiger partial charge in [0.2, 0.25) is 0 Å². The van der Waals surface area contributed by atoms with Gasteiger partial charge < -0.3 is 10.2 Å². The van der Waals surface area contributed by atoms with Gasteiger partial charge in [0.15, 0.2) is 5.82 Å². The zero-order valence-corrected chi connectivity index (χ0v) is 12.4. The lowest BCUT2D eigenvalue weighted by Crippen LogP contribution is -2.40. The molecule has 0 aromatic carbocycles. The minimum absolute atomic E-state index is 0.196. The number of carbonyl (C=O) groups is 1. The second-order valence-electron chi connectivity index (χ2n) is 5.32. The molecule has 1 saturated heterocycles. The van der Waals surface area contributed by atoms with E-state index in [2.05, 4.69) is 30.4 Å². The highest BCUT2D eigenvalue weighted by molar-refractivity contribution is 5.91. The van der Waals surface area contributed by atoms with Crippen molar-refractivity contribution in [3.05, 3.63) is 42.1 Å². The van der Waals surface area contributed by atoms with Crippen LogP contribution in [0.25, 0.3) is 0 Å². The van der Waals surface area contributed by atoms with Crippen LogP contribution in [0.5, 0.6) is 0 Å². The van der Waals surface area contributed by atoms with Crippen molar-refractivity contribution < 1.29 is 4.79 Å². The third kappa shape index (κ3) is 3.19. The van der Waals surface area contributed by atoms with Crippen molar-refractivity contribution >= 4 is 11.7 Å². The summed E-state index contributed by atoms with van der Waals surface area (Å²) < 4.78 is 0. The Morgan fingerprint density at radius 1 is 1.41 bits per heavy atom. The van der Waals surface area contributed by atoms with E-state index in [-0.39, 0.29) is 11.9 Å². The number of nitrogens with one attached hydrogen (secondary N) is 1. The minimum Gasteiger partial charge on any atom is -0.350 e. The number of aromatic nitrogens is 4. The van der Waals surface area contributed by atoms with Gasteiger partial charge in [-0.15, -0.1) is 5.10 Å². The first-order chi connectivity index (χ1) is 10.7. The number of aryl methyl sites for hydroxylation is 1. The number of rotatable bonds is 4. The van der Waals surface area contributed by atoms with Crippen molar-refractivity contribution in [3.8, 4) is 0 Å². The molecule has 0 saturated carbocycles. The molecule has 1 aliphatic rings. The van der Waals surface area contributed by atoms with Crippen LogP contribution in [0.3, 0.4) is 0 Å². The van der Waals surface area contributed by atoms with Gasteiger partial charge in [-0.25, -0.2) is 4.98 Å². The Morgan fingerprint density at radius 2 is 2.32 bits per heavy atom. The fourth-order valence-corrected chi connectivity index (χ4v) is 2.61. The number of amides is 1. The van der Waals surface area contributed by atoms with Gasteiger partial charge in [-0.1, -0.05) is 0 Å². The van der Waals surface area contributed by atoms with Crippen molar-refractivity contribution in [1.82, 2.24) is 25.5 Å². The Hall–Kier alpha value is -2.57. The van der Waals surface area contributed by atoms with Crippen molar-refractivity contribution in [3.63, 3.8) is 0 Å². The second-order valence-corrected chi connectivity index (χ2v) is 5.32. The van der Waals surface area contributed by atoms with E-state index < -0.39 is 0 Å². The highest BCUT2D eigenvalue weighted by atomic mass is 16.1. The van der Waals surface area contributed by atoms with Crippen LogP contribution >= 0.6 is 0 Å². The summed E-state index contributed by atoms with van der Waals surface area (Å²) in [6, 6.07) is 4.05. The van der Waals surface area contributed by atoms with Crippen LogP contribution in [0.2, 0.25) is 0 Å². The fourth-order valence-electron chi connectivity index (χ4n) is 2.61. The van der Waals surface area contributed by atoms with Crippen LogP contribution in [0, 0.1) is 6.92 Å². The molecular weight excluding hydrogens is 280 g/mol. The molecule has 22 heavy (non-hydrogen) atoms. The topological polar surface area (TPSA) is 83.9 Å². The SMILES string of the molecule is Cc1cnc(C(=O)NC[C@H]2CCCN2c2cccnn2)cn1. The van der Waals surface area contributed by atoms with E-state index in [4.69, 9.17) is 0 Å². The zero-order valence-electron chi connectivity index (χ0n) is 12.4. The van der Waals surface area contributed by atoms with Gasteiger partial charge >= 0.3 is 0 Å². The Morgan fingerprint density at radius 3 is 3.05 bits per heavy atom. The second kappa shape index (κ2) is 6.46. The molecule has 0 unspecified atom stereocenters. The number of anilines is 1. The quantitative estimate of drug-likeness (QED) is 0.905. The van der Waals surface area contributed by atoms with Crippen LogP contribution in [-0.4, -0.2) is 45.2 Å². The Labute approximate surface area is 128 Å². The fraction of sp³-hybridized carbons (Fsp3) is 0.400. The largest absolute Gasteiger partial charge is 0.350 e. The van der Waals surface area contributed by atoms with Crippen LogP contribution in [0.4, 0.5) is 5.82 Å². The standard InChI is InChI=1S/C15H18N6O/c1-11-8-17-13(10-16-11)15(22)18-9-12-4-3-7-21(12)14-5-2-6-19-20-14/h2,5-6,8,10,12H,3-4,7,9H2,1H3,(H,18,22)/t12-/m1/s1. The molecule has 114 valence electrons. The zero-order chi connectivity index (χ0) is 15.4. The van der Waals surface area contributed by atoms with Crippen LogP contribution in [0.15, 0.2) is 30.7 Å². The van der Waals surface area contributed by atoms with Crippen molar-refractivity contribution in [2.45, 2.75) is 25.8 Å². The smallest absolute Gasteiger partial charge is 0.271 e. The molecule has 2 aromatic rings. The molecule has 1 aliphatic heterocycles. The first-order valence-electron chi connectivity index (χ1n) is 7.35. The molecule has 7 heteroatoms. The first-order valence-corrected chi connectivity index (χ1v) is 7.35. The molecule has 0 bridgehead atoms. The van der Waals surface area contributed by atoms with E-state index in [0.717, 1.165) is 30.9 Å². The van der Waals surface area contributed by atoms with Crippen molar-refractivity contribution in [1.29, 1.82) is 0 Å². The lowest BCUT2D eigenvalue weighted by Gasteiger charge is -2.25. The molecular formula is C15H18N6O. The summed E-state index contributed by atoms with van der Waals surface area (Å²) in [5, 5.41) is 11.0. The predicted molar refractivity (Wildman–Crippen MR) is 81.5 cm³/mol. The normalized spacial score (nSPS) is 17.5. The molecule has 2 aromatic heterocycles. The van der Waals surface area contributed by atoms with E-state index in [1.807, 2.05) is 19.1 Å². The van der Waals surface area contributed by atoms with Gasteiger partial charge in [0.05, 0.1) is 11.9 Å². The summed E-state index contributed by atoms with van der Waals surface area (Å²) in [6.45, 7) is 3.33. The first kappa shape index (κ1) is 14.4. The molecule has 1 fully saturated rings. The molecule has 0 spiro atoms. The summed E-state index contributed by atoms with van der Waals surface area (Å²) >= 11 is 0. The average molecular weight is 298 g/mol. The maximum Gasteiger partial charge on any atom is 0.271 e. The van der Waals surface area contributed by atoms with Crippen LogP contribution < -0.4 is 10.2 Å². The number of hydrogen-bond donors (Lipinski definition) is 1. The maximum atomic E-state index is 12.1. The summed E-state index contributed by atoms with van der Waals surface area (Å²) in [4.78, 5) is 22.5. The van der Waals surface area contributed by atoms with E-state index >= 15 is 0 Å². The van der Waals surface area contributed by atoms with Gasteiger partial charge in [-0.3, -0.25) is 9.78 Å². The minimum atomic E-state index is -0.196. The summed E-state index contributed by atoms with van der Waals surface area (Å²) in [6.07, 6.45) is 6.86. The van der Waals surface area contributed by atoms with Gasteiger partial charge in [-0.05, 0) is 31.9 Å². The monoisotopic (exact) mass is 298 g/mol. The maximum absolute atomic E-state index is 12.1. The lowest BCUT2D eigenvalue weighted by atomic mass is 10.2. The van der Waals surface area contributed by atoms with Crippen molar-refractivity contribution in [2.24, 2.45) is 0 Å². The van der Waals surface area contributed by atoms with E-state index in [9.17, 15) is 4.79 Å². The summed E-state index contributed by atoms with van der Waals surface area (Å²) in [7, 11) is 0. The van der Waals surface area contributed by atoms with Gasteiger partial charge in [0.1, 0.15) is 5.69 Å². The molecule has 1 N–H and O–H groups in total. The lowest BCUT2D eigenvalue weighted by molar-refractivity contribution is 0.0946. The van der Waals surface area contributed by atoms with E-state index in [1.165, 1.54) is 6.20 Å². The molecule has 0 aliphatic carbocycles. The highest BCUT2D eigenvalue weighted by Crippen LogP contribution is 2.22. The number of nitrogens with zero attached hydrogens (tertiary/aromatic N) is 5. The third-order valence-electron chi connectivity index (χ3n) is 3.74. The molecule has 7 nitrogen and oxygen atoms in total.